The van der Waals surface area contributed by atoms with E-state index in [1.165, 1.54) is 13.2 Å². The van der Waals surface area contributed by atoms with Crippen molar-refractivity contribution in [3.05, 3.63) is 65.7 Å². The van der Waals surface area contributed by atoms with Gasteiger partial charge in [0.2, 0.25) is 5.91 Å². The lowest BCUT2D eigenvalue weighted by molar-refractivity contribution is -0.302. The zero-order valence-corrected chi connectivity index (χ0v) is 14.4. The van der Waals surface area contributed by atoms with E-state index in [0.717, 1.165) is 0 Å². The molecule has 3 rings (SSSR count). The van der Waals surface area contributed by atoms with Gasteiger partial charge in [0.25, 0.3) is 5.72 Å². The lowest BCUT2D eigenvalue weighted by Gasteiger charge is -2.32. The summed E-state index contributed by atoms with van der Waals surface area (Å²) in [5, 5.41) is 14.3. The fraction of sp³-hybridized carbons (Fsp3) is 0.263. The highest BCUT2D eigenvalue weighted by atomic mass is 19.4. The fourth-order valence-corrected chi connectivity index (χ4v) is 2.84. The van der Waals surface area contributed by atoms with Crippen molar-refractivity contribution in [2.75, 3.05) is 7.11 Å². The molecule has 1 atom stereocenters. The first-order valence-electron chi connectivity index (χ1n) is 8.12. The van der Waals surface area contributed by atoms with Gasteiger partial charge in [-0.05, 0) is 17.7 Å². The Kier molecular flexibility index (Phi) is 4.93. The smallest absolute Gasteiger partial charge is 0.438 e. The van der Waals surface area contributed by atoms with Crippen LogP contribution in [0.25, 0.3) is 0 Å². The van der Waals surface area contributed by atoms with Crippen molar-refractivity contribution < 1.29 is 27.8 Å². The highest BCUT2D eigenvalue weighted by Gasteiger charge is 2.63. The van der Waals surface area contributed by atoms with Crippen LogP contribution in [-0.4, -0.2) is 40.7 Å². The second-order valence-corrected chi connectivity index (χ2v) is 6.14. The normalized spacial score (nSPS) is 19.7. The van der Waals surface area contributed by atoms with E-state index >= 15 is 0 Å². The number of hydrogen-bond acceptors (Lipinski definition) is 4. The largest absolute Gasteiger partial charge is 0.497 e. The van der Waals surface area contributed by atoms with Crippen LogP contribution in [0.15, 0.2) is 59.7 Å². The van der Waals surface area contributed by atoms with Gasteiger partial charge in [-0.3, -0.25) is 4.79 Å². The highest BCUT2D eigenvalue weighted by molar-refractivity contribution is 6.04. The van der Waals surface area contributed by atoms with E-state index in [1.54, 1.807) is 48.5 Å². The highest BCUT2D eigenvalue weighted by Crippen LogP contribution is 2.41. The predicted octanol–water partition coefficient (Wildman–Crippen LogP) is 3.13. The third kappa shape index (κ3) is 3.66. The number of carbonyl (C=O) groups is 1. The van der Waals surface area contributed by atoms with Crippen LogP contribution in [0.5, 0.6) is 5.75 Å². The maximum absolute atomic E-state index is 13.6. The number of hydrogen-bond donors (Lipinski definition) is 1. The molecule has 1 unspecified atom stereocenters. The van der Waals surface area contributed by atoms with Gasteiger partial charge in [-0.1, -0.05) is 42.5 Å². The monoisotopic (exact) mass is 378 g/mol. The van der Waals surface area contributed by atoms with Crippen LogP contribution in [0.1, 0.15) is 17.5 Å². The molecule has 0 spiro atoms. The Labute approximate surface area is 153 Å². The zero-order chi connectivity index (χ0) is 19.7. The number of amides is 1. The van der Waals surface area contributed by atoms with Gasteiger partial charge in [-0.15, -0.1) is 0 Å². The Hall–Kier alpha value is -2.87. The summed E-state index contributed by atoms with van der Waals surface area (Å²) in [7, 11) is 1.43. The fourth-order valence-electron chi connectivity index (χ4n) is 2.84. The third-order valence-electron chi connectivity index (χ3n) is 4.28. The molecule has 2 aromatic rings. The molecule has 1 aliphatic rings. The first kappa shape index (κ1) is 18.9. The molecule has 0 radical (unpaired) electrons. The van der Waals surface area contributed by atoms with Crippen molar-refractivity contribution in [2.24, 2.45) is 5.10 Å². The SMILES string of the molecule is COc1cccc(C2=NN(C(=O)Cc3ccccc3)C(O)(C(F)(F)F)C2)c1. The topological polar surface area (TPSA) is 62.1 Å². The van der Waals surface area contributed by atoms with E-state index in [2.05, 4.69) is 5.10 Å². The Balaban J connectivity index is 1.96. The van der Waals surface area contributed by atoms with Gasteiger partial charge < -0.3 is 9.84 Å². The van der Waals surface area contributed by atoms with Crippen molar-refractivity contribution in [3.8, 4) is 5.75 Å². The average molecular weight is 378 g/mol. The van der Waals surface area contributed by atoms with Crippen LogP contribution in [-0.2, 0) is 11.2 Å². The van der Waals surface area contributed by atoms with E-state index in [1.807, 2.05) is 0 Å². The molecule has 8 heteroatoms. The van der Waals surface area contributed by atoms with Gasteiger partial charge in [0.15, 0.2) is 0 Å². The standard InChI is InChI=1S/C19H17F3N2O3/c1-27-15-9-5-8-14(11-15)16-12-18(26,19(20,21)22)24(23-16)17(25)10-13-6-3-2-4-7-13/h2-9,11,26H,10,12H2,1H3. The molecule has 0 saturated heterocycles. The minimum Gasteiger partial charge on any atom is -0.497 e. The summed E-state index contributed by atoms with van der Waals surface area (Å²) in [6, 6.07) is 14.6. The minimum atomic E-state index is -5.07. The molecule has 27 heavy (non-hydrogen) atoms. The number of halogens is 3. The van der Waals surface area contributed by atoms with Crippen LogP contribution < -0.4 is 4.74 Å². The molecule has 0 aromatic heterocycles. The summed E-state index contributed by atoms with van der Waals surface area (Å²) < 4.78 is 45.8. The number of hydrazone groups is 1. The molecule has 0 fully saturated rings. The molecule has 1 N–H and O–H groups in total. The van der Waals surface area contributed by atoms with Crippen molar-refractivity contribution in [1.29, 1.82) is 0 Å². The zero-order valence-electron chi connectivity index (χ0n) is 14.4. The Morgan fingerprint density at radius 3 is 2.56 bits per heavy atom. The van der Waals surface area contributed by atoms with E-state index in [4.69, 9.17) is 4.74 Å². The molecule has 0 aliphatic carbocycles. The summed E-state index contributed by atoms with van der Waals surface area (Å²) in [6.45, 7) is 0. The van der Waals surface area contributed by atoms with Crippen molar-refractivity contribution in [2.45, 2.75) is 24.7 Å². The van der Waals surface area contributed by atoms with Gasteiger partial charge in [0.1, 0.15) is 5.75 Å². The quantitative estimate of drug-likeness (QED) is 0.889. The van der Waals surface area contributed by atoms with E-state index in [-0.39, 0.29) is 17.1 Å². The van der Waals surface area contributed by atoms with Gasteiger partial charge in [-0.25, -0.2) is 0 Å². The van der Waals surface area contributed by atoms with E-state index in [9.17, 15) is 23.1 Å². The Morgan fingerprint density at radius 1 is 1.22 bits per heavy atom. The maximum atomic E-state index is 13.6. The number of nitrogens with zero attached hydrogens (tertiary/aromatic N) is 2. The van der Waals surface area contributed by atoms with Crippen LogP contribution in [0, 0.1) is 0 Å². The molecule has 2 aromatic carbocycles. The number of ether oxygens (including phenoxy) is 1. The van der Waals surface area contributed by atoms with E-state index in [0.29, 0.717) is 16.9 Å². The summed E-state index contributed by atoms with van der Waals surface area (Å²) >= 11 is 0. The van der Waals surface area contributed by atoms with Crippen molar-refractivity contribution in [1.82, 2.24) is 5.01 Å². The van der Waals surface area contributed by atoms with Gasteiger partial charge in [-0.2, -0.15) is 23.3 Å². The summed E-state index contributed by atoms with van der Waals surface area (Å²) in [6.07, 6.45) is -6.23. The average Bonchev–Trinajstić information content (AvgIpc) is 3.02. The maximum Gasteiger partial charge on any atom is 0.438 e. The van der Waals surface area contributed by atoms with Crippen molar-refractivity contribution in [3.63, 3.8) is 0 Å². The summed E-state index contributed by atoms with van der Waals surface area (Å²) in [4.78, 5) is 12.5. The number of benzene rings is 2. The predicted molar refractivity (Wildman–Crippen MR) is 92.1 cm³/mol. The lowest BCUT2D eigenvalue weighted by atomic mass is 10.0. The molecular formula is C19H17F3N2O3. The van der Waals surface area contributed by atoms with Crippen LogP contribution in [0.2, 0.25) is 0 Å². The minimum absolute atomic E-state index is 0.0462. The number of rotatable bonds is 4. The first-order valence-corrected chi connectivity index (χ1v) is 8.12. The number of aliphatic hydroxyl groups is 1. The molecular weight excluding hydrogens is 361 g/mol. The molecule has 0 saturated carbocycles. The Bertz CT molecular complexity index is 868. The molecule has 1 aliphatic heterocycles. The second-order valence-electron chi connectivity index (χ2n) is 6.14. The number of alkyl halides is 3. The van der Waals surface area contributed by atoms with Gasteiger partial charge >= 0.3 is 6.18 Å². The molecule has 142 valence electrons. The van der Waals surface area contributed by atoms with Gasteiger partial charge in [0.05, 0.1) is 25.7 Å². The third-order valence-corrected chi connectivity index (χ3v) is 4.28. The second kappa shape index (κ2) is 7.03. The molecule has 0 bridgehead atoms. The molecule has 1 amide bonds. The molecule has 5 nitrogen and oxygen atoms in total. The molecule has 1 heterocycles. The Morgan fingerprint density at radius 2 is 1.93 bits per heavy atom. The summed E-state index contributed by atoms with van der Waals surface area (Å²) in [5.74, 6) is -0.515. The number of methoxy groups -OCH3 is 1. The number of carbonyl (C=O) groups excluding carboxylic acids is 1. The van der Waals surface area contributed by atoms with E-state index < -0.39 is 24.2 Å². The van der Waals surface area contributed by atoms with Crippen LogP contribution >= 0.6 is 0 Å². The van der Waals surface area contributed by atoms with Crippen molar-refractivity contribution >= 4 is 11.6 Å². The first-order chi connectivity index (χ1) is 12.7. The van der Waals surface area contributed by atoms with Crippen LogP contribution in [0.4, 0.5) is 13.2 Å². The van der Waals surface area contributed by atoms with Crippen LogP contribution in [0.3, 0.4) is 0 Å². The lowest BCUT2D eigenvalue weighted by Crippen LogP contribution is -2.57. The van der Waals surface area contributed by atoms with Gasteiger partial charge in [0, 0.05) is 5.56 Å². The summed E-state index contributed by atoms with van der Waals surface area (Å²) in [5.41, 5.74) is -2.57.